The smallest absolute Gasteiger partial charge is 0.325 e. The summed E-state index contributed by atoms with van der Waals surface area (Å²) in [5.41, 5.74) is 0. The van der Waals surface area contributed by atoms with Crippen molar-refractivity contribution < 1.29 is 19.1 Å². The summed E-state index contributed by atoms with van der Waals surface area (Å²) in [6.07, 6.45) is 0. The maximum Gasteiger partial charge on any atom is 0.325 e. The zero-order valence-corrected chi connectivity index (χ0v) is 8.49. The van der Waals surface area contributed by atoms with Gasteiger partial charge in [0.15, 0.2) is 0 Å². The van der Waals surface area contributed by atoms with Crippen LogP contribution in [-0.2, 0) is 19.1 Å². The number of carbonyl (C=O) groups excluding carboxylic acids is 3. The van der Waals surface area contributed by atoms with Crippen LogP contribution in [0.4, 0.5) is 0 Å². The van der Waals surface area contributed by atoms with Crippen molar-refractivity contribution in [2.45, 2.75) is 6.92 Å². The summed E-state index contributed by atoms with van der Waals surface area (Å²) in [5, 5.41) is 2.31. The molecule has 0 aliphatic heterocycles. The fraction of sp³-hybridized carbons (Fsp3) is 0.625. The van der Waals surface area contributed by atoms with E-state index >= 15 is 0 Å². The van der Waals surface area contributed by atoms with Crippen LogP contribution in [0.5, 0.6) is 0 Å². The fourth-order valence-electron chi connectivity index (χ4n) is 0.626. The molecule has 0 saturated heterocycles. The molecule has 0 aromatic carbocycles. The monoisotopic (exact) mass is 202 g/mol. The molecule has 2 amide bonds. The van der Waals surface area contributed by atoms with Gasteiger partial charge < -0.3 is 15.0 Å². The molecule has 0 aliphatic carbocycles. The van der Waals surface area contributed by atoms with E-state index in [1.807, 2.05) is 0 Å². The summed E-state index contributed by atoms with van der Waals surface area (Å²) in [5.74, 6) is -1.13. The van der Waals surface area contributed by atoms with Gasteiger partial charge in [0, 0.05) is 14.0 Å². The van der Waals surface area contributed by atoms with Gasteiger partial charge in [0.1, 0.15) is 6.54 Å². The van der Waals surface area contributed by atoms with Gasteiger partial charge in [-0.2, -0.15) is 0 Å². The Bertz CT molecular complexity index is 239. The molecule has 1 N–H and O–H groups in total. The van der Waals surface area contributed by atoms with E-state index in [2.05, 4.69) is 10.1 Å². The van der Waals surface area contributed by atoms with Crippen LogP contribution in [0, 0.1) is 0 Å². The van der Waals surface area contributed by atoms with Crippen molar-refractivity contribution in [2.24, 2.45) is 0 Å². The molecule has 0 aromatic heterocycles. The molecule has 0 atom stereocenters. The highest BCUT2D eigenvalue weighted by atomic mass is 16.5. The Morgan fingerprint density at radius 2 is 1.93 bits per heavy atom. The molecule has 0 spiro atoms. The predicted octanol–water partition coefficient (Wildman–Crippen LogP) is -1.25. The van der Waals surface area contributed by atoms with Crippen LogP contribution in [0.25, 0.3) is 0 Å². The minimum absolute atomic E-state index is 0.0632. The van der Waals surface area contributed by atoms with Crippen molar-refractivity contribution in [1.82, 2.24) is 10.2 Å². The lowest BCUT2D eigenvalue weighted by Crippen LogP contribution is -2.39. The molecule has 0 fully saturated rings. The van der Waals surface area contributed by atoms with Crippen molar-refractivity contribution in [1.29, 1.82) is 0 Å². The van der Waals surface area contributed by atoms with Gasteiger partial charge in [-0.1, -0.05) is 0 Å². The molecule has 0 radical (unpaired) electrons. The normalized spacial score (nSPS) is 9.07. The SMILES string of the molecule is COC(=O)CNC(=O)CN(C)C(C)=O. The molecule has 0 saturated carbocycles. The Hall–Kier alpha value is -1.59. The van der Waals surface area contributed by atoms with Crippen molar-refractivity contribution in [2.75, 3.05) is 27.2 Å². The van der Waals surface area contributed by atoms with Gasteiger partial charge in [-0.25, -0.2) is 0 Å². The van der Waals surface area contributed by atoms with E-state index in [1.165, 1.54) is 26.0 Å². The van der Waals surface area contributed by atoms with E-state index in [4.69, 9.17) is 0 Å². The van der Waals surface area contributed by atoms with Gasteiger partial charge in [-0.3, -0.25) is 14.4 Å². The fourth-order valence-corrected chi connectivity index (χ4v) is 0.626. The largest absolute Gasteiger partial charge is 0.468 e. The zero-order chi connectivity index (χ0) is 11.1. The molecular formula is C8H14N2O4. The summed E-state index contributed by atoms with van der Waals surface area (Å²) in [6, 6.07) is 0. The highest BCUT2D eigenvalue weighted by molar-refractivity contribution is 5.86. The highest BCUT2D eigenvalue weighted by Crippen LogP contribution is 1.82. The Labute approximate surface area is 82.2 Å². The first kappa shape index (κ1) is 12.4. The number of amides is 2. The lowest BCUT2D eigenvalue weighted by Gasteiger charge is -2.13. The molecule has 0 aliphatic rings. The maximum absolute atomic E-state index is 11.1. The van der Waals surface area contributed by atoms with Gasteiger partial charge in [0.25, 0.3) is 0 Å². The van der Waals surface area contributed by atoms with Crippen LogP contribution < -0.4 is 5.32 Å². The van der Waals surface area contributed by atoms with Crippen LogP contribution in [0.15, 0.2) is 0 Å². The number of hydrogen-bond donors (Lipinski definition) is 1. The first-order valence-electron chi connectivity index (χ1n) is 4.02. The van der Waals surface area contributed by atoms with Gasteiger partial charge in [0.2, 0.25) is 11.8 Å². The van der Waals surface area contributed by atoms with Gasteiger partial charge in [0.05, 0.1) is 13.7 Å². The quantitative estimate of drug-likeness (QED) is 0.578. The topological polar surface area (TPSA) is 75.7 Å². The number of methoxy groups -OCH3 is 1. The summed E-state index contributed by atoms with van der Waals surface area (Å²) in [6.45, 7) is 1.11. The number of ether oxygens (including phenoxy) is 1. The number of nitrogens with zero attached hydrogens (tertiary/aromatic N) is 1. The third-order valence-corrected chi connectivity index (χ3v) is 1.58. The van der Waals surface area contributed by atoms with E-state index in [0.29, 0.717) is 0 Å². The number of carbonyl (C=O) groups is 3. The standard InChI is InChI=1S/C8H14N2O4/c1-6(11)10(2)5-7(12)9-4-8(13)14-3/h4-5H2,1-3H3,(H,9,12). The minimum atomic E-state index is -0.524. The van der Waals surface area contributed by atoms with E-state index in [1.54, 1.807) is 0 Å². The molecule has 14 heavy (non-hydrogen) atoms. The number of likely N-dealkylation sites (N-methyl/N-ethyl adjacent to an activating group) is 1. The minimum Gasteiger partial charge on any atom is -0.468 e. The molecular weight excluding hydrogens is 188 g/mol. The molecule has 6 nitrogen and oxygen atoms in total. The maximum atomic E-state index is 11.1. The molecule has 0 aromatic rings. The number of esters is 1. The van der Waals surface area contributed by atoms with E-state index in [9.17, 15) is 14.4 Å². The first-order valence-corrected chi connectivity index (χ1v) is 4.02. The summed E-state index contributed by atoms with van der Waals surface area (Å²) in [7, 11) is 2.73. The van der Waals surface area contributed by atoms with E-state index < -0.39 is 11.9 Å². The van der Waals surface area contributed by atoms with Crippen molar-refractivity contribution in [3.05, 3.63) is 0 Å². The molecule has 0 unspecified atom stereocenters. The number of hydrogen-bond acceptors (Lipinski definition) is 4. The Kier molecular flexibility index (Phi) is 5.28. The van der Waals surface area contributed by atoms with Crippen LogP contribution in [-0.4, -0.2) is 49.9 Å². The molecule has 0 heterocycles. The Balaban J connectivity index is 3.76. The van der Waals surface area contributed by atoms with Crippen molar-refractivity contribution in [3.8, 4) is 0 Å². The summed E-state index contributed by atoms with van der Waals surface area (Å²) in [4.78, 5) is 33.7. The van der Waals surface area contributed by atoms with Gasteiger partial charge >= 0.3 is 5.97 Å². The lowest BCUT2D eigenvalue weighted by atomic mass is 10.5. The van der Waals surface area contributed by atoms with Crippen LogP contribution in [0.3, 0.4) is 0 Å². The van der Waals surface area contributed by atoms with Crippen LogP contribution >= 0.6 is 0 Å². The van der Waals surface area contributed by atoms with Crippen LogP contribution in [0.1, 0.15) is 6.92 Å². The summed E-state index contributed by atoms with van der Waals surface area (Å²) < 4.78 is 4.32. The zero-order valence-electron chi connectivity index (χ0n) is 8.49. The van der Waals surface area contributed by atoms with Crippen LogP contribution in [0.2, 0.25) is 0 Å². The van der Waals surface area contributed by atoms with Crippen molar-refractivity contribution >= 4 is 17.8 Å². The molecule has 6 heteroatoms. The average molecular weight is 202 g/mol. The van der Waals surface area contributed by atoms with E-state index in [-0.39, 0.29) is 19.0 Å². The second-order valence-corrected chi connectivity index (χ2v) is 2.73. The lowest BCUT2D eigenvalue weighted by molar-refractivity contribution is -0.141. The second kappa shape index (κ2) is 5.95. The first-order chi connectivity index (χ1) is 6.47. The third kappa shape index (κ3) is 5.13. The highest BCUT2D eigenvalue weighted by Gasteiger charge is 2.09. The molecule has 0 bridgehead atoms. The Morgan fingerprint density at radius 3 is 2.36 bits per heavy atom. The predicted molar refractivity (Wildman–Crippen MR) is 48.3 cm³/mol. The second-order valence-electron chi connectivity index (χ2n) is 2.73. The summed E-state index contributed by atoms with van der Waals surface area (Å²) >= 11 is 0. The number of nitrogens with one attached hydrogen (secondary N) is 1. The molecule has 0 rings (SSSR count). The molecule has 80 valence electrons. The van der Waals surface area contributed by atoms with Crippen molar-refractivity contribution in [3.63, 3.8) is 0 Å². The third-order valence-electron chi connectivity index (χ3n) is 1.58. The van der Waals surface area contributed by atoms with E-state index in [0.717, 1.165) is 0 Å². The van der Waals surface area contributed by atoms with Gasteiger partial charge in [-0.05, 0) is 0 Å². The Morgan fingerprint density at radius 1 is 1.36 bits per heavy atom. The van der Waals surface area contributed by atoms with Gasteiger partial charge in [-0.15, -0.1) is 0 Å². The average Bonchev–Trinajstić information content (AvgIpc) is 2.13. The number of rotatable bonds is 4.